The monoisotopic (exact) mass is 371 g/mol. The minimum Gasteiger partial charge on any atom is -0.358 e. The summed E-state index contributed by atoms with van der Waals surface area (Å²) in [7, 11) is -3.78. The largest absolute Gasteiger partial charge is 0.358 e. The van der Waals surface area contributed by atoms with E-state index in [4.69, 9.17) is 5.14 Å². The third-order valence-electron chi connectivity index (χ3n) is 4.43. The number of nitrogens with two attached hydrogens (primary N) is 1. The fourth-order valence-corrected chi connectivity index (χ4v) is 3.63. The Hall–Kier alpha value is -2.64. The van der Waals surface area contributed by atoms with Crippen molar-refractivity contribution in [1.82, 2.24) is 10.3 Å². The van der Waals surface area contributed by atoms with Gasteiger partial charge in [-0.05, 0) is 43.2 Å². The number of benzene rings is 2. The highest BCUT2D eigenvalue weighted by Crippen LogP contribution is 2.23. The molecule has 0 radical (unpaired) electrons. The minimum atomic E-state index is -3.78. The van der Waals surface area contributed by atoms with E-state index >= 15 is 0 Å². The highest BCUT2D eigenvalue weighted by molar-refractivity contribution is 7.89. The average Bonchev–Trinajstić information content (AvgIpc) is 2.90. The smallest absolute Gasteiger partial charge is 0.238 e. The number of aryl methyl sites for hydroxylation is 1. The molecule has 2 aromatic carbocycles. The second kappa shape index (κ2) is 6.93. The summed E-state index contributed by atoms with van der Waals surface area (Å²) in [6.45, 7) is 3.75. The summed E-state index contributed by atoms with van der Waals surface area (Å²) in [4.78, 5) is 15.8. The topological polar surface area (TPSA) is 105 Å². The van der Waals surface area contributed by atoms with Crippen molar-refractivity contribution >= 4 is 26.8 Å². The number of H-pyrrole nitrogens is 1. The molecule has 0 bridgehead atoms. The van der Waals surface area contributed by atoms with Gasteiger partial charge in [0, 0.05) is 16.6 Å². The summed E-state index contributed by atoms with van der Waals surface area (Å²) < 4.78 is 23.0. The molecule has 1 atom stereocenters. The SMILES string of the molecule is Cc1[nH]c2ccccc2c1CC(=O)NC(C)c1cccc(S(N)(=O)=O)c1. The van der Waals surface area contributed by atoms with Gasteiger partial charge in [0.1, 0.15) is 0 Å². The van der Waals surface area contributed by atoms with Crippen molar-refractivity contribution in [3.05, 3.63) is 65.4 Å². The van der Waals surface area contributed by atoms with Crippen LogP contribution < -0.4 is 10.5 Å². The zero-order valence-electron chi connectivity index (χ0n) is 14.6. The summed E-state index contributed by atoms with van der Waals surface area (Å²) in [6, 6.07) is 13.8. The van der Waals surface area contributed by atoms with Gasteiger partial charge in [-0.2, -0.15) is 0 Å². The second-order valence-electron chi connectivity index (χ2n) is 6.36. The van der Waals surface area contributed by atoms with Crippen LogP contribution in [0.25, 0.3) is 10.9 Å². The molecular weight excluding hydrogens is 350 g/mol. The van der Waals surface area contributed by atoms with Crippen molar-refractivity contribution in [3.8, 4) is 0 Å². The molecule has 7 heteroatoms. The lowest BCUT2D eigenvalue weighted by atomic mass is 10.1. The third-order valence-corrected chi connectivity index (χ3v) is 5.34. The van der Waals surface area contributed by atoms with Crippen molar-refractivity contribution in [1.29, 1.82) is 0 Å². The lowest BCUT2D eigenvalue weighted by molar-refractivity contribution is -0.121. The highest BCUT2D eigenvalue weighted by Gasteiger charge is 2.16. The molecule has 1 unspecified atom stereocenters. The third kappa shape index (κ3) is 3.79. The van der Waals surface area contributed by atoms with Gasteiger partial charge in [-0.25, -0.2) is 13.6 Å². The first-order valence-electron chi connectivity index (χ1n) is 8.24. The van der Waals surface area contributed by atoms with Crippen LogP contribution in [-0.2, 0) is 21.2 Å². The minimum absolute atomic E-state index is 0.0311. The zero-order chi connectivity index (χ0) is 18.9. The first-order valence-corrected chi connectivity index (χ1v) is 9.78. The van der Waals surface area contributed by atoms with E-state index in [0.717, 1.165) is 22.2 Å². The fraction of sp³-hybridized carbons (Fsp3) is 0.211. The molecule has 0 saturated heterocycles. The Bertz CT molecular complexity index is 1070. The van der Waals surface area contributed by atoms with Gasteiger partial charge in [-0.15, -0.1) is 0 Å². The number of aromatic nitrogens is 1. The van der Waals surface area contributed by atoms with Crippen LogP contribution in [0, 0.1) is 6.92 Å². The first-order chi connectivity index (χ1) is 12.3. The van der Waals surface area contributed by atoms with E-state index in [1.54, 1.807) is 12.1 Å². The molecule has 1 amide bonds. The molecule has 1 aromatic heterocycles. The lowest BCUT2D eigenvalue weighted by Crippen LogP contribution is -2.28. The molecular formula is C19H21N3O3S. The number of fused-ring (bicyclic) bond motifs is 1. The van der Waals surface area contributed by atoms with Gasteiger partial charge in [-0.3, -0.25) is 4.79 Å². The molecule has 0 spiro atoms. The highest BCUT2D eigenvalue weighted by atomic mass is 32.2. The van der Waals surface area contributed by atoms with Crippen LogP contribution in [-0.4, -0.2) is 19.3 Å². The van der Waals surface area contributed by atoms with Gasteiger partial charge < -0.3 is 10.3 Å². The van der Waals surface area contributed by atoms with Crippen molar-refractivity contribution in [2.45, 2.75) is 31.2 Å². The maximum Gasteiger partial charge on any atom is 0.238 e. The zero-order valence-corrected chi connectivity index (χ0v) is 15.4. The predicted molar refractivity (Wildman–Crippen MR) is 101 cm³/mol. The van der Waals surface area contributed by atoms with E-state index in [-0.39, 0.29) is 23.3 Å². The number of primary sulfonamides is 1. The van der Waals surface area contributed by atoms with Gasteiger partial charge in [0.2, 0.25) is 15.9 Å². The quantitative estimate of drug-likeness (QED) is 0.642. The lowest BCUT2D eigenvalue weighted by Gasteiger charge is -2.15. The van der Waals surface area contributed by atoms with Gasteiger partial charge in [0.25, 0.3) is 0 Å². The van der Waals surface area contributed by atoms with E-state index in [1.165, 1.54) is 12.1 Å². The summed E-state index contributed by atoms with van der Waals surface area (Å²) in [5.74, 6) is -0.133. The average molecular weight is 371 g/mol. The molecule has 4 N–H and O–H groups in total. The fourth-order valence-electron chi connectivity index (χ4n) is 3.06. The molecule has 0 aliphatic rings. The summed E-state index contributed by atoms with van der Waals surface area (Å²) in [6.07, 6.45) is 0.245. The standard InChI is InChI=1S/C19H21N3O3S/c1-12(14-6-5-7-15(10-14)26(20,24)25)22-19(23)11-17-13(2)21-18-9-4-3-8-16(17)18/h3-10,12,21H,11H2,1-2H3,(H,22,23)(H2,20,24,25). The Morgan fingerprint density at radius 1 is 1.19 bits per heavy atom. The number of hydrogen-bond acceptors (Lipinski definition) is 3. The molecule has 0 fully saturated rings. The van der Waals surface area contributed by atoms with E-state index in [0.29, 0.717) is 5.56 Å². The van der Waals surface area contributed by atoms with Crippen molar-refractivity contribution < 1.29 is 13.2 Å². The van der Waals surface area contributed by atoms with Crippen LogP contribution in [0.3, 0.4) is 0 Å². The van der Waals surface area contributed by atoms with Gasteiger partial charge in [0.05, 0.1) is 17.4 Å². The van der Waals surface area contributed by atoms with E-state index < -0.39 is 10.0 Å². The Morgan fingerprint density at radius 3 is 2.65 bits per heavy atom. The number of para-hydroxylation sites is 1. The number of carbonyl (C=O) groups excluding carboxylic acids is 1. The molecule has 26 heavy (non-hydrogen) atoms. The summed E-state index contributed by atoms with van der Waals surface area (Å²) >= 11 is 0. The van der Waals surface area contributed by atoms with Crippen LogP contribution in [0.5, 0.6) is 0 Å². The van der Waals surface area contributed by atoms with Crippen LogP contribution >= 0.6 is 0 Å². The summed E-state index contributed by atoms with van der Waals surface area (Å²) in [5, 5.41) is 9.12. The van der Waals surface area contributed by atoms with Gasteiger partial charge in [0.15, 0.2) is 0 Å². The molecule has 3 aromatic rings. The number of amides is 1. The van der Waals surface area contributed by atoms with Crippen molar-refractivity contribution in [2.75, 3.05) is 0 Å². The summed E-state index contributed by atoms with van der Waals surface area (Å²) in [5.41, 5.74) is 3.61. The molecule has 3 rings (SSSR count). The Morgan fingerprint density at radius 2 is 1.92 bits per heavy atom. The number of aromatic amines is 1. The number of sulfonamides is 1. The number of rotatable bonds is 5. The van der Waals surface area contributed by atoms with E-state index in [9.17, 15) is 13.2 Å². The Balaban J connectivity index is 1.77. The van der Waals surface area contributed by atoms with Crippen LogP contribution in [0.1, 0.15) is 29.8 Å². The predicted octanol–water partition coefficient (Wildman–Crippen LogP) is 2.54. The second-order valence-corrected chi connectivity index (χ2v) is 7.92. The van der Waals surface area contributed by atoms with E-state index in [1.807, 2.05) is 38.1 Å². The van der Waals surface area contributed by atoms with Gasteiger partial charge in [-0.1, -0.05) is 30.3 Å². The number of carbonyl (C=O) groups is 1. The van der Waals surface area contributed by atoms with Crippen molar-refractivity contribution in [3.63, 3.8) is 0 Å². The molecule has 6 nitrogen and oxygen atoms in total. The van der Waals surface area contributed by atoms with Crippen LogP contribution in [0.2, 0.25) is 0 Å². The molecule has 0 aliphatic carbocycles. The maximum atomic E-state index is 12.5. The molecule has 0 aliphatic heterocycles. The van der Waals surface area contributed by atoms with E-state index in [2.05, 4.69) is 10.3 Å². The van der Waals surface area contributed by atoms with Crippen LogP contribution in [0.15, 0.2) is 53.4 Å². The van der Waals surface area contributed by atoms with Crippen molar-refractivity contribution in [2.24, 2.45) is 5.14 Å². The van der Waals surface area contributed by atoms with Crippen LogP contribution in [0.4, 0.5) is 0 Å². The maximum absolute atomic E-state index is 12.5. The normalized spacial score (nSPS) is 12.9. The molecule has 136 valence electrons. The molecule has 0 saturated carbocycles. The Kier molecular flexibility index (Phi) is 4.84. The number of hydrogen-bond donors (Lipinski definition) is 3. The molecule has 1 heterocycles. The van der Waals surface area contributed by atoms with Gasteiger partial charge >= 0.3 is 0 Å². The number of nitrogens with one attached hydrogen (secondary N) is 2. The first kappa shape index (κ1) is 18.2. The Labute approximate surface area is 152 Å².